The minimum Gasteiger partial charge on any atom is -0.370 e. The Morgan fingerprint density at radius 1 is 1.04 bits per heavy atom. The first kappa shape index (κ1) is 18.1. The monoisotopic (exact) mass is 371 g/mol. The standard InChI is InChI=1S/C18H21N5O2S/c19-17(20)22-18-21-12(11-26-18)7-3-1-2-6-10-23-15(24)13-8-4-5-9-14(13)16(23)25/h4-5,8-9,11H,1-3,6-7,10H2,(H4,19,20,21,22). The molecular weight excluding hydrogens is 350 g/mol. The summed E-state index contributed by atoms with van der Waals surface area (Å²) in [4.78, 5) is 34.1. The number of hydrogen-bond acceptors (Lipinski definition) is 5. The van der Waals surface area contributed by atoms with Crippen LogP contribution in [0.4, 0.5) is 5.13 Å². The van der Waals surface area contributed by atoms with E-state index in [9.17, 15) is 9.59 Å². The number of imide groups is 1. The molecule has 0 radical (unpaired) electrons. The Labute approximate surface area is 155 Å². The van der Waals surface area contributed by atoms with Gasteiger partial charge in [-0.2, -0.15) is 4.99 Å². The van der Waals surface area contributed by atoms with Crippen molar-refractivity contribution in [2.45, 2.75) is 32.1 Å². The largest absolute Gasteiger partial charge is 0.370 e. The van der Waals surface area contributed by atoms with Gasteiger partial charge in [0.25, 0.3) is 11.8 Å². The number of thiazole rings is 1. The molecule has 1 aliphatic heterocycles. The average molecular weight is 371 g/mol. The van der Waals surface area contributed by atoms with Crippen molar-refractivity contribution in [2.24, 2.45) is 16.5 Å². The fourth-order valence-electron chi connectivity index (χ4n) is 2.94. The number of guanidine groups is 1. The Balaban J connectivity index is 1.38. The Morgan fingerprint density at radius 3 is 2.35 bits per heavy atom. The maximum Gasteiger partial charge on any atom is 0.261 e. The van der Waals surface area contributed by atoms with Crippen LogP contribution in [0.3, 0.4) is 0 Å². The van der Waals surface area contributed by atoms with Gasteiger partial charge in [-0.3, -0.25) is 14.5 Å². The molecule has 2 heterocycles. The second-order valence-corrected chi connectivity index (χ2v) is 6.97. The minimum absolute atomic E-state index is 0.0130. The van der Waals surface area contributed by atoms with Gasteiger partial charge < -0.3 is 11.5 Å². The zero-order chi connectivity index (χ0) is 18.5. The average Bonchev–Trinajstić information content (AvgIpc) is 3.15. The van der Waals surface area contributed by atoms with Gasteiger partial charge in [-0.25, -0.2) is 4.98 Å². The molecule has 2 aromatic rings. The molecule has 136 valence electrons. The van der Waals surface area contributed by atoms with Crippen LogP contribution in [0.5, 0.6) is 0 Å². The van der Waals surface area contributed by atoms with Crippen molar-refractivity contribution < 1.29 is 9.59 Å². The van der Waals surface area contributed by atoms with Crippen LogP contribution in [0.2, 0.25) is 0 Å². The zero-order valence-electron chi connectivity index (χ0n) is 14.4. The first-order chi connectivity index (χ1) is 12.6. The van der Waals surface area contributed by atoms with Crippen LogP contribution in [-0.4, -0.2) is 34.2 Å². The third-order valence-electron chi connectivity index (χ3n) is 4.21. The summed E-state index contributed by atoms with van der Waals surface area (Å²) in [5, 5.41) is 2.53. The Morgan fingerprint density at radius 2 is 1.69 bits per heavy atom. The number of aryl methyl sites for hydroxylation is 1. The number of nitrogens with two attached hydrogens (primary N) is 2. The van der Waals surface area contributed by atoms with Gasteiger partial charge in [-0.1, -0.05) is 25.0 Å². The molecule has 0 fully saturated rings. The lowest BCUT2D eigenvalue weighted by Gasteiger charge is -2.13. The predicted molar refractivity (Wildman–Crippen MR) is 102 cm³/mol. The normalized spacial score (nSPS) is 13.2. The maximum atomic E-state index is 12.3. The number of hydrogen-bond donors (Lipinski definition) is 2. The fourth-order valence-corrected chi connectivity index (χ4v) is 3.68. The van der Waals surface area contributed by atoms with Gasteiger partial charge in [-0.15, -0.1) is 11.3 Å². The summed E-state index contributed by atoms with van der Waals surface area (Å²) in [5.74, 6) is -0.347. The summed E-state index contributed by atoms with van der Waals surface area (Å²) in [5.41, 5.74) is 12.7. The Hall–Kier alpha value is -2.74. The number of unbranched alkanes of at least 4 members (excludes halogenated alkanes) is 3. The van der Waals surface area contributed by atoms with Crippen molar-refractivity contribution >= 4 is 34.2 Å². The lowest BCUT2D eigenvalue weighted by atomic mass is 10.1. The van der Waals surface area contributed by atoms with Crippen LogP contribution in [-0.2, 0) is 6.42 Å². The van der Waals surface area contributed by atoms with Crippen molar-refractivity contribution in [1.29, 1.82) is 0 Å². The number of carbonyl (C=O) groups is 2. The van der Waals surface area contributed by atoms with Crippen molar-refractivity contribution in [3.63, 3.8) is 0 Å². The topological polar surface area (TPSA) is 115 Å². The molecule has 0 unspecified atom stereocenters. The van der Waals surface area contributed by atoms with Gasteiger partial charge in [0, 0.05) is 11.9 Å². The summed E-state index contributed by atoms with van der Waals surface area (Å²) >= 11 is 1.42. The molecule has 26 heavy (non-hydrogen) atoms. The van der Waals surface area contributed by atoms with E-state index in [1.807, 2.05) is 5.38 Å². The summed E-state index contributed by atoms with van der Waals surface area (Å²) in [6.07, 6.45) is 4.63. The third kappa shape index (κ3) is 4.08. The Kier molecular flexibility index (Phi) is 5.62. The van der Waals surface area contributed by atoms with E-state index in [0.717, 1.165) is 37.8 Å². The molecule has 0 saturated carbocycles. The van der Waals surface area contributed by atoms with Gasteiger partial charge in [0.1, 0.15) is 0 Å². The van der Waals surface area contributed by atoms with Gasteiger partial charge >= 0.3 is 0 Å². The van der Waals surface area contributed by atoms with Crippen LogP contribution in [0.25, 0.3) is 0 Å². The number of aromatic nitrogens is 1. The molecule has 3 rings (SSSR count). The zero-order valence-corrected chi connectivity index (χ0v) is 15.2. The van der Waals surface area contributed by atoms with Crippen molar-refractivity contribution in [3.05, 3.63) is 46.5 Å². The maximum absolute atomic E-state index is 12.3. The van der Waals surface area contributed by atoms with Crippen LogP contribution in [0, 0.1) is 0 Å². The van der Waals surface area contributed by atoms with Crippen molar-refractivity contribution in [2.75, 3.05) is 6.54 Å². The Bertz CT molecular complexity index is 807. The molecular formula is C18H21N5O2S. The van der Waals surface area contributed by atoms with E-state index < -0.39 is 0 Å². The van der Waals surface area contributed by atoms with E-state index in [2.05, 4.69) is 9.98 Å². The molecule has 0 saturated heterocycles. The van der Waals surface area contributed by atoms with Gasteiger partial charge in [0.2, 0.25) is 5.13 Å². The summed E-state index contributed by atoms with van der Waals surface area (Å²) in [6, 6.07) is 6.98. The first-order valence-electron chi connectivity index (χ1n) is 8.55. The SMILES string of the molecule is NC(N)=Nc1nc(CCCCCCN2C(=O)c3ccccc3C2=O)cs1. The van der Waals surface area contributed by atoms with Crippen LogP contribution >= 0.6 is 11.3 Å². The summed E-state index contributed by atoms with van der Waals surface area (Å²) in [7, 11) is 0. The number of amides is 2. The quantitative estimate of drug-likeness (QED) is 0.320. The third-order valence-corrected chi connectivity index (χ3v) is 4.99. The second kappa shape index (κ2) is 8.09. The molecule has 0 atom stereocenters. The van der Waals surface area contributed by atoms with E-state index in [1.54, 1.807) is 24.3 Å². The van der Waals surface area contributed by atoms with Crippen molar-refractivity contribution in [3.8, 4) is 0 Å². The van der Waals surface area contributed by atoms with E-state index >= 15 is 0 Å². The molecule has 0 aliphatic carbocycles. The highest BCUT2D eigenvalue weighted by Crippen LogP contribution is 2.23. The van der Waals surface area contributed by atoms with Gasteiger partial charge in [0.15, 0.2) is 5.96 Å². The second-order valence-electron chi connectivity index (χ2n) is 6.13. The number of rotatable bonds is 8. The van der Waals surface area contributed by atoms with E-state index in [-0.39, 0.29) is 17.8 Å². The van der Waals surface area contributed by atoms with Gasteiger partial charge in [0.05, 0.1) is 16.8 Å². The number of benzene rings is 1. The van der Waals surface area contributed by atoms with Crippen LogP contribution in [0.1, 0.15) is 52.1 Å². The van der Waals surface area contributed by atoms with E-state index in [1.165, 1.54) is 16.2 Å². The number of carbonyl (C=O) groups excluding carboxylic acids is 2. The van der Waals surface area contributed by atoms with Crippen LogP contribution in [0.15, 0.2) is 34.6 Å². The number of fused-ring (bicyclic) bond motifs is 1. The fraction of sp³-hybridized carbons (Fsp3) is 0.333. The molecule has 1 aromatic heterocycles. The van der Waals surface area contributed by atoms with E-state index in [4.69, 9.17) is 11.5 Å². The predicted octanol–water partition coefficient (Wildman–Crippen LogP) is 2.45. The highest BCUT2D eigenvalue weighted by Gasteiger charge is 2.34. The minimum atomic E-state index is -0.180. The van der Waals surface area contributed by atoms with E-state index in [0.29, 0.717) is 22.8 Å². The molecule has 8 heteroatoms. The molecule has 1 aromatic carbocycles. The number of aliphatic imine (C=N–C) groups is 1. The molecule has 0 bridgehead atoms. The molecule has 1 aliphatic rings. The molecule has 2 amide bonds. The summed E-state index contributed by atoms with van der Waals surface area (Å²) < 4.78 is 0. The highest BCUT2D eigenvalue weighted by molar-refractivity contribution is 7.13. The molecule has 7 nitrogen and oxygen atoms in total. The highest BCUT2D eigenvalue weighted by atomic mass is 32.1. The molecule has 0 spiro atoms. The van der Waals surface area contributed by atoms with Crippen molar-refractivity contribution in [1.82, 2.24) is 9.88 Å². The lowest BCUT2D eigenvalue weighted by Crippen LogP contribution is -2.30. The molecule has 4 N–H and O–H groups in total. The first-order valence-corrected chi connectivity index (χ1v) is 9.43. The van der Waals surface area contributed by atoms with Gasteiger partial charge in [-0.05, 0) is 31.4 Å². The lowest BCUT2D eigenvalue weighted by molar-refractivity contribution is 0.0651. The number of nitrogens with zero attached hydrogens (tertiary/aromatic N) is 3. The smallest absolute Gasteiger partial charge is 0.261 e. The van der Waals surface area contributed by atoms with Crippen LogP contribution < -0.4 is 11.5 Å². The summed E-state index contributed by atoms with van der Waals surface area (Å²) in [6.45, 7) is 0.470.